The van der Waals surface area contributed by atoms with Gasteiger partial charge in [-0.25, -0.2) is 4.37 Å². The van der Waals surface area contributed by atoms with E-state index >= 15 is 0 Å². The molecule has 1 radical (unpaired) electrons. The van der Waals surface area contributed by atoms with Crippen molar-refractivity contribution in [3.8, 4) is 11.3 Å². The van der Waals surface area contributed by atoms with Gasteiger partial charge in [-0.15, -0.1) is 35.9 Å². The maximum Gasteiger partial charge on any atom is 0.0810 e. The van der Waals surface area contributed by atoms with Crippen molar-refractivity contribution in [3.05, 3.63) is 40.2 Å². The largest absolute Gasteiger partial charge is 0.241 e. The van der Waals surface area contributed by atoms with E-state index in [1.165, 1.54) is 11.5 Å². The van der Waals surface area contributed by atoms with Crippen LogP contribution in [-0.4, -0.2) is 4.37 Å². The molecule has 0 aliphatic rings. The Morgan fingerprint density at radius 2 is 2.23 bits per heavy atom. The molecule has 0 fully saturated rings. The van der Waals surface area contributed by atoms with Crippen LogP contribution in [0.15, 0.2) is 34.1 Å². The Labute approximate surface area is 103 Å². The third-order valence-corrected chi connectivity index (χ3v) is 2.71. The van der Waals surface area contributed by atoms with Crippen molar-refractivity contribution in [3.63, 3.8) is 0 Å². The fourth-order valence-corrected chi connectivity index (χ4v) is 1.87. The van der Waals surface area contributed by atoms with Gasteiger partial charge in [0.15, 0.2) is 0 Å². The van der Waals surface area contributed by atoms with Crippen LogP contribution in [-0.2, 0) is 20.1 Å². The maximum atomic E-state index is 4.25. The predicted octanol–water partition coefficient (Wildman–Crippen LogP) is 3.37. The molecule has 1 nitrogen and oxygen atoms in total. The second-order valence-electron chi connectivity index (χ2n) is 2.29. The Bertz CT molecular complexity index is 374. The molecule has 1 heterocycles. The number of rotatable bonds is 1. The van der Waals surface area contributed by atoms with E-state index < -0.39 is 0 Å². The molecule has 1 aromatic carbocycles. The van der Waals surface area contributed by atoms with Gasteiger partial charge in [0.25, 0.3) is 0 Å². The summed E-state index contributed by atoms with van der Waals surface area (Å²) in [5, 5.41) is 0. The first-order valence-electron chi connectivity index (χ1n) is 3.45. The monoisotopic (exact) mass is 431 g/mol. The van der Waals surface area contributed by atoms with Gasteiger partial charge in [0.2, 0.25) is 0 Å². The summed E-state index contributed by atoms with van der Waals surface area (Å²) in [6, 6.07) is 12.9. The van der Waals surface area contributed by atoms with Crippen LogP contribution in [0.3, 0.4) is 0 Å². The van der Waals surface area contributed by atoms with E-state index in [9.17, 15) is 0 Å². The summed E-state index contributed by atoms with van der Waals surface area (Å²) in [6.07, 6.45) is 0. The number of hydrogen-bond acceptors (Lipinski definition) is 2. The van der Waals surface area contributed by atoms with Gasteiger partial charge in [0.1, 0.15) is 0 Å². The average molecular weight is 431 g/mol. The second-order valence-corrected chi connectivity index (χ2v) is 4.48. The number of aromatic nitrogens is 1. The van der Waals surface area contributed by atoms with Gasteiger partial charge in [-0.05, 0) is 27.5 Å². The molecule has 2 rings (SSSR count). The van der Waals surface area contributed by atoms with E-state index in [1.54, 1.807) is 0 Å². The molecule has 0 unspecified atom stereocenters. The van der Waals surface area contributed by atoms with Crippen molar-refractivity contribution in [2.45, 2.75) is 0 Å². The topological polar surface area (TPSA) is 12.9 Å². The minimum absolute atomic E-state index is 0. The van der Waals surface area contributed by atoms with Crippen LogP contribution in [0, 0.1) is 6.07 Å². The first-order valence-corrected chi connectivity index (χ1v) is 5.02. The minimum atomic E-state index is 0. The summed E-state index contributed by atoms with van der Waals surface area (Å²) >= 11 is 4.82. The van der Waals surface area contributed by atoms with E-state index in [0.29, 0.717) is 0 Å². The first-order chi connectivity index (χ1) is 5.86. The molecule has 0 spiro atoms. The predicted molar refractivity (Wildman–Crippen MR) is 54.1 cm³/mol. The molecule has 13 heavy (non-hydrogen) atoms. The van der Waals surface area contributed by atoms with Crippen LogP contribution in [0.5, 0.6) is 0 Å². The van der Waals surface area contributed by atoms with Gasteiger partial charge in [-0.1, -0.05) is 6.07 Å². The van der Waals surface area contributed by atoms with Crippen LogP contribution in [0.1, 0.15) is 0 Å². The van der Waals surface area contributed by atoms with Crippen LogP contribution < -0.4 is 0 Å². The molecule has 0 amide bonds. The van der Waals surface area contributed by atoms with Crippen molar-refractivity contribution in [1.82, 2.24) is 4.37 Å². The van der Waals surface area contributed by atoms with E-state index in [4.69, 9.17) is 0 Å². The molecule has 2 aromatic rings. The van der Waals surface area contributed by atoms with Gasteiger partial charge >= 0.3 is 0 Å². The molecule has 0 bridgehead atoms. The molecule has 0 N–H and O–H groups in total. The Hall–Kier alpha value is -0.0206. The Balaban J connectivity index is 0.000000845. The molecule has 0 atom stereocenters. The molecule has 0 aliphatic heterocycles. The number of benzene rings is 1. The smallest absolute Gasteiger partial charge is 0.0810 e. The summed E-state index contributed by atoms with van der Waals surface area (Å²) in [6.45, 7) is 0. The number of nitrogens with zero attached hydrogens (tertiary/aromatic N) is 1. The summed E-state index contributed by atoms with van der Waals surface area (Å²) in [5.74, 6) is 0. The molecule has 0 aliphatic carbocycles. The fourth-order valence-electron chi connectivity index (χ4n) is 0.933. The Morgan fingerprint density at radius 1 is 1.38 bits per heavy atom. The van der Waals surface area contributed by atoms with Crippen molar-refractivity contribution in [2.24, 2.45) is 0 Å². The molecule has 4 heteroatoms. The zero-order chi connectivity index (χ0) is 8.39. The zero-order valence-corrected chi connectivity index (χ0v) is 11.3. The average Bonchev–Trinajstić information content (AvgIpc) is 2.54. The van der Waals surface area contributed by atoms with Crippen molar-refractivity contribution in [1.29, 1.82) is 0 Å². The van der Waals surface area contributed by atoms with Crippen molar-refractivity contribution in [2.75, 3.05) is 0 Å². The molecular formula is C9H5BrIrNS-. The van der Waals surface area contributed by atoms with Crippen LogP contribution in [0.25, 0.3) is 11.3 Å². The fraction of sp³-hybridized carbons (Fsp3) is 0. The number of halogens is 1. The minimum Gasteiger partial charge on any atom is -0.241 e. The van der Waals surface area contributed by atoms with Crippen LogP contribution in [0.4, 0.5) is 0 Å². The van der Waals surface area contributed by atoms with E-state index in [1.807, 2.05) is 30.3 Å². The summed E-state index contributed by atoms with van der Waals surface area (Å²) < 4.78 is 5.30. The van der Waals surface area contributed by atoms with Gasteiger partial charge in [0.05, 0.1) is 3.79 Å². The van der Waals surface area contributed by atoms with E-state index in [-0.39, 0.29) is 20.1 Å². The molecular weight excluding hydrogens is 426 g/mol. The first kappa shape index (κ1) is 11.1. The summed E-state index contributed by atoms with van der Waals surface area (Å²) in [7, 11) is 0. The normalized spacial score (nSPS) is 9.31. The Kier molecular flexibility index (Phi) is 4.26. The van der Waals surface area contributed by atoms with Gasteiger partial charge in [0, 0.05) is 25.8 Å². The SMILES string of the molecule is Brc1cc(-c2[c-]cccc2)ns1.[Ir]. The number of hydrogen-bond donors (Lipinski definition) is 0. The van der Waals surface area contributed by atoms with Crippen molar-refractivity contribution >= 4 is 27.5 Å². The van der Waals surface area contributed by atoms with Crippen molar-refractivity contribution < 1.29 is 20.1 Å². The quantitative estimate of drug-likeness (QED) is 0.632. The molecule has 69 valence electrons. The molecule has 1 aromatic heterocycles. The maximum absolute atomic E-state index is 4.25. The third-order valence-electron chi connectivity index (χ3n) is 1.47. The zero-order valence-electron chi connectivity index (χ0n) is 6.45. The van der Waals surface area contributed by atoms with Gasteiger partial charge in [-0.3, -0.25) is 0 Å². The second kappa shape index (κ2) is 5.01. The van der Waals surface area contributed by atoms with Gasteiger partial charge < -0.3 is 0 Å². The van der Waals surface area contributed by atoms with Crippen LogP contribution in [0.2, 0.25) is 0 Å². The van der Waals surface area contributed by atoms with Gasteiger partial charge in [-0.2, -0.15) is 0 Å². The van der Waals surface area contributed by atoms with Crippen LogP contribution >= 0.6 is 27.5 Å². The summed E-state index contributed by atoms with van der Waals surface area (Å²) in [5.41, 5.74) is 2.02. The Morgan fingerprint density at radius 3 is 2.77 bits per heavy atom. The standard InChI is InChI=1S/C9H5BrNS.Ir/c10-9-6-8(11-12-9)7-4-2-1-3-5-7;/h1-4,6H;/q-1;. The molecule has 0 saturated carbocycles. The summed E-state index contributed by atoms with van der Waals surface area (Å²) in [4.78, 5) is 0. The van der Waals surface area contributed by atoms with E-state index in [2.05, 4.69) is 26.4 Å². The third kappa shape index (κ3) is 2.71. The van der Waals surface area contributed by atoms with E-state index in [0.717, 1.165) is 15.0 Å². The molecule has 0 saturated heterocycles.